The number of allylic oxidation sites excluding steroid dienone is 4. The molecule has 0 radical (unpaired) electrons. The van der Waals surface area contributed by atoms with Crippen LogP contribution in [-0.4, -0.2) is 61.7 Å². The number of hydrogen-bond acceptors (Lipinski definition) is 7. The maximum Gasteiger partial charge on any atom is 0.371 e. The summed E-state index contributed by atoms with van der Waals surface area (Å²) < 4.78 is 49.6. The van der Waals surface area contributed by atoms with Crippen molar-refractivity contribution in [3.8, 4) is 0 Å². The Labute approximate surface area is 222 Å². The fourth-order valence-corrected chi connectivity index (χ4v) is 8.29. The number of thioether (sulfide) groups is 1. The maximum atomic E-state index is 16.9. The maximum absolute atomic E-state index is 16.9. The van der Waals surface area contributed by atoms with Gasteiger partial charge in [0.25, 0.3) is 0 Å². The van der Waals surface area contributed by atoms with Gasteiger partial charge in [-0.15, -0.1) is 0 Å². The van der Waals surface area contributed by atoms with Gasteiger partial charge in [0.15, 0.2) is 11.5 Å². The summed E-state index contributed by atoms with van der Waals surface area (Å²) in [6.07, 6.45) is 1.63. The van der Waals surface area contributed by atoms with Crippen molar-refractivity contribution in [2.45, 2.75) is 63.6 Å². The van der Waals surface area contributed by atoms with Gasteiger partial charge in [0.05, 0.1) is 12.4 Å². The molecule has 0 unspecified atom stereocenters. The van der Waals surface area contributed by atoms with E-state index in [4.69, 9.17) is 5.11 Å². The standard InChI is InChI=1S/C22H27F3O4S.C5H4O3/c1-11-6-13-14-8-16(24)15-7-12(26)4-5-19(15,2)21(14,25)17(27)9-20(13,3)22(11,29)18(28)30-10-23;6-5(7)4-2-1-3-8-4/h4-5,7,11,13-14,16-17,27,29H,6,8-10H2,1-3H3;1-3H,(H,6,7)/t11-,13+,14+,16+,17+,19+,20+,21+,22+;/m1./s1. The molecule has 4 aliphatic rings. The lowest BCUT2D eigenvalue weighted by Gasteiger charge is -2.63. The molecule has 11 heteroatoms. The first-order valence-electron chi connectivity index (χ1n) is 12.4. The van der Waals surface area contributed by atoms with Crippen LogP contribution in [0.4, 0.5) is 13.2 Å². The number of halogens is 3. The van der Waals surface area contributed by atoms with Gasteiger partial charge in [-0.1, -0.05) is 31.7 Å². The lowest BCUT2D eigenvalue weighted by Crippen LogP contribution is -2.70. The van der Waals surface area contributed by atoms with Crippen LogP contribution in [0.1, 0.15) is 50.6 Å². The van der Waals surface area contributed by atoms with Crippen molar-refractivity contribution >= 4 is 28.6 Å². The summed E-state index contributed by atoms with van der Waals surface area (Å²) in [5, 5.41) is 30.0. The third-order valence-electron chi connectivity index (χ3n) is 9.44. The van der Waals surface area contributed by atoms with Crippen molar-refractivity contribution in [3.63, 3.8) is 0 Å². The molecule has 0 aromatic carbocycles. The highest BCUT2D eigenvalue weighted by Gasteiger charge is 2.76. The highest BCUT2D eigenvalue weighted by molar-refractivity contribution is 8.13. The molecule has 4 aliphatic carbocycles. The fraction of sp³-hybridized carbons (Fsp3) is 0.593. The van der Waals surface area contributed by atoms with Gasteiger partial charge in [-0.2, -0.15) is 0 Å². The molecule has 0 aliphatic heterocycles. The molecule has 1 aromatic rings. The molecular formula is C27H31F3O7S. The van der Waals surface area contributed by atoms with Crippen molar-refractivity contribution in [3.05, 3.63) is 48.0 Å². The minimum Gasteiger partial charge on any atom is -0.475 e. The Hall–Kier alpha value is -2.37. The summed E-state index contributed by atoms with van der Waals surface area (Å²) in [6, 6.07) is 1.93. The zero-order valence-corrected chi connectivity index (χ0v) is 22.0. The molecule has 1 heterocycles. The minimum atomic E-state index is -2.26. The molecule has 0 amide bonds. The van der Waals surface area contributed by atoms with Crippen molar-refractivity contribution in [2.75, 3.05) is 6.01 Å². The number of carboxylic acids is 1. The van der Waals surface area contributed by atoms with Crippen LogP contribution >= 0.6 is 11.8 Å². The number of rotatable bonds is 3. The summed E-state index contributed by atoms with van der Waals surface area (Å²) in [5.74, 6) is -3.63. The number of carbonyl (C=O) groups is 3. The molecule has 3 fully saturated rings. The molecule has 7 nitrogen and oxygen atoms in total. The quantitative estimate of drug-likeness (QED) is 0.499. The average molecular weight is 557 g/mol. The van der Waals surface area contributed by atoms with Crippen LogP contribution < -0.4 is 0 Å². The highest BCUT2D eigenvalue weighted by Crippen LogP contribution is 2.71. The van der Waals surface area contributed by atoms with Crippen molar-refractivity contribution in [1.29, 1.82) is 0 Å². The van der Waals surface area contributed by atoms with Crippen molar-refractivity contribution in [1.82, 2.24) is 0 Å². The first-order valence-corrected chi connectivity index (χ1v) is 13.4. The molecular weight excluding hydrogens is 525 g/mol. The summed E-state index contributed by atoms with van der Waals surface area (Å²) in [5.41, 5.74) is -6.91. The number of furan rings is 1. The van der Waals surface area contributed by atoms with Crippen molar-refractivity contribution < 1.29 is 47.3 Å². The van der Waals surface area contributed by atoms with E-state index in [0.29, 0.717) is 11.8 Å². The first-order chi connectivity index (χ1) is 17.7. The zero-order valence-electron chi connectivity index (χ0n) is 21.2. The second kappa shape index (κ2) is 9.67. The van der Waals surface area contributed by atoms with Crippen LogP contribution in [0.15, 0.2) is 46.6 Å². The number of aliphatic hydroxyl groups is 2. The van der Waals surface area contributed by atoms with E-state index in [0.717, 1.165) is 6.08 Å². The average Bonchev–Trinajstić information content (AvgIpc) is 3.46. The number of ketones is 1. The monoisotopic (exact) mass is 556 g/mol. The highest BCUT2D eigenvalue weighted by atomic mass is 32.2. The predicted octanol–water partition coefficient (Wildman–Crippen LogP) is 4.45. The van der Waals surface area contributed by atoms with Gasteiger partial charge in [0, 0.05) is 16.7 Å². The summed E-state index contributed by atoms with van der Waals surface area (Å²) in [6.45, 7) is 4.79. The molecule has 3 saturated carbocycles. The number of hydrogen-bond donors (Lipinski definition) is 3. The molecule has 208 valence electrons. The predicted molar refractivity (Wildman–Crippen MR) is 132 cm³/mol. The summed E-state index contributed by atoms with van der Waals surface area (Å²) in [4.78, 5) is 34.5. The van der Waals surface area contributed by atoms with Gasteiger partial charge < -0.3 is 19.7 Å². The minimum absolute atomic E-state index is 0.0231. The van der Waals surface area contributed by atoms with E-state index in [1.54, 1.807) is 13.8 Å². The largest absolute Gasteiger partial charge is 0.475 e. The van der Waals surface area contributed by atoms with Gasteiger partial charge in [-0.25, -0.2) is 18.0 Å². The second-order valence-electron chi connectivity index (χ2n) is 11.1. The fourth-order valence-electron chi connectivity index (χ4n) is 7.53. The van der Waals surface area contributed by atoms with Gasteiger partial charge in [-0.05, 0) is 67.9 Å². The number of carboxylic acid groups (broad SMARTS) is 1. The second-order valence-corrected chi connectivity index (χ2v) is 12.0. The van der Waals surface area contributed by atoms with E-state index >= 15 is 8.78 Å². The van der Waals surface area contributed by atoms with Crippen LogP contribution in [0, 0.1) is 28.6 Å². The third-order valence-corrected chi connectivity index (χ3v) is 10.1. The zero-order chi connectivity index (χ0) is 28.3. The summed E-state index contributed by atoms with van der Waals surface area (Å²) >= 11 is 0.371. The van der Waals surface area contributed by atoms with E-state index in [9.17, 15) is 29.0 Å². The Morgan fingerprint density at radius 1 is 1.24 bits per heavy atom. The summed E-state index contributed by atoms with van der Waals surface area (Å²) in [7, 11) is 0. The smallest absolute Gasteiger partial charge is 0.371 e. The van der Waals surface area contributed by atoms with Crippen LogP contribution in [0.25, 0.3) is 0 Å². The molecule has 9 atom stereocenters. The molecule has 38 heavy (non-hydrogen) atoms. The van der Waals surface area contributed by atoms with E-state index in [2.05, 4.69) is 4.42 Å². The van der Waals surface area contributed by atoms with Crippen LogP contribution in [0.5, 0.6) is 0 Å². The van der Waals surface area contributed by atoms with E-state index in [1.807, 2.05) is 0 Å². The van der Waals surface area contributed by atoms with Crippen LogP contribution in [0.2, 0.25) is 0 Å². The number of carbonyl (C=O) groups excluding carboxylic acids is 2. The molecule has 5 rings (SSSR count). The molecule has 3 N–H and O–H groups in total. The SMILES string of the molecule is C[C@@H]1C[C@H]2[C@@H]3C[C@H](F)C4=CC(=O)C=C[C@]4(C)[C@@]3(F)[C@@H](O)C[C@]2(C)[C@@]1(O)C(=O)SCF.O=C(O)c1ccco1. The normalized spacial score (nSPS) is 43.2. The van der Waals surface area contributed by atoms with Gasteiger partial charge in [-0.3, -0.25) is 9.59 Å². The third kappa shape index (κ3) is 3.83. The van der Waals surface area contributed by atoms with E-state index in [1.165, 1.54) is 37.5 Å². The van der Waals surface area contributed by atoms with Gasteiger partial charge in [0.1, 0.15) is 17.8 Å². The Morgan fingerprint density at radius 2 is 1.92 bits per heavy atom. The van der Waals surface area contributed by atoms with Gasteiger partial charge in [0.2, 0.25) is 10.9 Å². The number of aromatic carboxylic acids is 1. The topological polar surface area (TPSA) is 125 Å². The molecule has 0 bridgehead atoms. The Bertz CT molecular complexity index is 1190. The number of aliphatic hydroxyl groups excluding tert-OH is 1. The first kappa shape index (κ1) is 28.6. The molecule has 1 aromatic heterocycles. The van der Waals surface area contributed by atoms with E-state index in [-0.39, 0.29) is 30.6 Å². The van der Waals surface area contributed by atoms with E-state index < -0.39 is 75.0 Å². The lowest BCUT2D eigenvalue weighted by molar-refractivity contribution is -0.221. The number of alkyl halides is 3. The molecule has 0 spiro atoms. The van der Waals surface area contributed by atoms with Crippen molar-refractivity contribution in [2.24, 2.45) is 28.6 Å². The Balaban J connectivity index is 0.000000360. The number of fused-ring (bicyclic) bond motifs is 5. The Morgan fingerprint density at radius 3 is 2.47 bits per heavy atom. The molecule has 0 saturated heterocycles. The van der Waals surface area contributed by atoms with Gasteiger partial charge >= 0.3 is 5.97 Å². The van der Waals surface area contributed by atoms with Crippen LogP contribution in [0.3, 0.4) is 0 Å². The van der Waals surface area contributed by atoms with Crippen LogP contribution in [-0.2, 0) is 9.59 Å². The Kier molecular flexibility index (Phi) is 7.29. The lowest BCUT2D eigenvalue weighted by atomic mass is 9.44.